The molecule has 1 aromatic carbocycles. The number of aryl methyl sites for hydroxylation is 1. The fourth-order valence-corrected chi connectivity index (χ4v) is 3.04. The van der Waals surface area contributed by atoms with Crippen LogP contribution < -0.4 is 10.6 Å². The SMILES string of the molecule is CC(=O)N1CCN(c2nc(N)nc(C)c2-c2cccc(O)c2)CC1. The van der Waals surface area contributed by atoms with Crippen molar-refractivity contribution in [3.63, 3.8) is 0 Å². The number of nitrogens with two attached hydrogens (primary N) is 1. The Kier molecular flexibility index (Phi) is 4.24. The zero-order valence-corrected chi connectivity index (χ0v) is 13.9. The van der Waals surface area contributed by atoms with Crippen molar-refractivity contribution in [2.75, 3.05) is 36.8 Å². The molecule has 126 valence electrons. The van der Waals surface area contributed by atoms with E-state index in [0.29, 0.717) is 26.2 Å². The number of nitrogen functional groups attached to an aromatic ring is 1. The highest BCUT2D eigenvalue weighted by atomic mass is 16.3. The number of carbonyl (C=O) groups is 1. The van der Waals surface area contributed by atoms with E-state index in [1.54, 1.807) is 25.1 Å². The van der Waals surface area contributed by atoms with Crippen molar-refractivity contribution < 1.29 is 9.90 Å². The van der Waals surface area contributed by atoms with Gasteiger partial charge in [-0.05, 0) is 24.6 Å². The predicted octanol–water partition coefficient (Wildman–Crippen LogP) is 1.41. The highest BCUT2D eigenvalue weighted by Gasteiger charge is 2.24. The van der Waals surface area contributed by atoms with E-state index in [-0.39, 0.29) is 17.6 Å². The van der Waals surface area contributed by atoms with E-state index in [9.17, 15) is 9.90 Å². The minimum Gasteiger partial charge on any atom is -0.508 e. The molecule has 1 aromatic heterocycles. The van der Waals surface area contributed by atoms with E-state index in [1.807, 2.05) is 17.9 Å². The van der Waals surface area contributed by atoms with Gasteiger partial charge in [0.1, 0.15) is 11.6 Å². The number of hydrogen-bond acceptors (Lipinski definition) is 6. The van der Waals surface area contributed by atoms with Gasteiger partial charge in [0, 0.05) is 38.7 Å². The Labute approximate surface area is 140 Å². The first kappa shape index (κ1) is 16.0. The summed E-state index contributed by atoms with van der Waals surface area (Å²) in [6.45, 7) is 6.13. The third-order valence-electron chi connectivity index (χ3n) is 4.25. The van der Waals surface area contributed by atoms with E-state index in [0.717, 1.165) is 22.6 Å². The highest BCUT2D eigenvalue weighted by molar-refractivity contribution is 5.80. The standard InChI is InChI=1S/C17H21N5O2/c1-11-15(13-4-3-5-14(24)10-13)16(20-17(18)19-11)22-8-6-21(7-9-22)12(2)23/h3-5,10,24H,6-9H2,1-2H3,(H2,18,19,20). The lowest BCUT2D eigenvalue weighted by Gasteiger charge is -2.36. The van der Waals surface area contributed by atoms with Gasteiger partial charge in [0.2, 0.25) is 11.9 Å². The third-order valence-corrected chi connectivity index (χ3v) is 4.25. The van der Waals surface area contributed by atoms with Crippen LogP contribution in [0.15, 0.2) is 24.3 Å². The van der Waals surface area contributed by atoms with E-state index >= 15 is 0 Å². The Morgan fingerprint density at radius 1 is 1.21 bits per heavy atom. The molecule has 0 atom stereocenters. The summed E-state index contributed by atoms with van der Waals surface area (Å²) in [6, 6.07) is 7.02. The molecule has 3 N–H and O–H groups in total. The maximum absolute atomic E-state index is 11.5. The molecule has 24 heavy (non-hydrogen) atoms. The lowest BCUT2D eigenvalue weighted by Crippen LogP contribution is -2.48. The van der Waals surface area contributed by atoms with E-state index in [4.69, 9.17) is 5.73 Å². The zero-order chi connectivity index (χ0) is 17.3. The normalized spacial score (nSPS) is 14.8. The number of amides is 1. The second kappa shape index (κ2) is 6.35. The number of carbonyl (C=O) groups excluding carboxylic acids is 1. The van der Waals surface area contributed by atoms with Gasteiger partial charge in [-0.1, -0.05) is 12.1 Å². The van der Waals surface area contributed by atoms with Crippen molar-refractivity contribution in [2.24, 2.45) is 0 Å². The molecular weight excluding hydrogens is 306 g/mol. The molecule has 1 aliphatic heterocycles. The molecule has 0 radical (unpaired) electrons. The van der Waals surface area contributed by atoms with Crippen LogP contribution in [0.5, 0.6) is 5.75 Å². The van der Waals surface area contributed by atoms with Crippen LogP contribution in [-0.4, -0.2) is 52.1 Å². The minimum absolute atomic E-state index is 0.0845. The van der Waals surface area contributed by atoms with Crippen molar-refractivity contribution in [3.05, 3.63) is 30.0 Å². The number of hydrogen-bond donors (Lipinski definition) is 2. The molecule has 1 aliphatic rings. The summed E-state index contributed by atoms with van der Waals surface area (Å²) in [5.41, 5.74) is 8.32. The lowest BCUT2D eigenvalue weighted by molar-refractivity contribution is -0.129. The van der Waals surface area contributed by atoms with E-state index < -0.39 is 0 Å². The van der Waals surface area contributed by atoms with E-state index in [2.05, 4.69) is 14.9 Å². The molecule has 0 spiro atoms. The molecular formula is C17H21N5O2. The number of aromatic hydroxyl groups is 1. The molecule has 2 aromatic rings. The number of anilines is 2. The Balaban J connectivity index is 2.00. The highest BCUT2D eigenvalue weighted by Crippen LogP contribution is 2.34. The quantitative estimate of drug-likeness (QED) is 0.866. The predicted molar refractivity (Wildman–Crippen MR) is 92.7 cm³/mol. The third kappa shape index (κ3) is 3.10. The van der Waals surface area contributed by atoms with Gasteiger partial charge in [-0.3, -0.25) is 4.79 Å². The Morgan fingerprint density at radius 2 is 1.92 bits per heavy atom. The summed E-state index contributed by atoms with van der Waals surface area (Å²) < 4.78 is 0. The van der Waals surface area contributed by atoms with Crippen LogP contribution in [0.4, 0.5) is 11.8 Å². The topological polar surface area (TPSA) is 95.6 Å². The maximum Gasteiger partial charge on any atom is 0.222 e. The average Bonchev–Trinajstić information content (AvgIpc) is 2.54. The fraction of sp³-hybridized carbons (Fsp3) is 0.353. The number of nitrogens with zero attached hydrogens (tertiary/aromatic N) is 4. The monoisotopic (exact) mass is 327 g/mol. The molecule has 7 heteroatoms. The lowest BCUT2D eigenvalue weighted by atomic mass is 10.0. The molecule has 0 bridgehead atoms. The minimum atomic E-state index is 0.0845. The largest absolute Gasteiger partial charge is 0.508 e. The fourth-order valence-electron chi connectivity index (χ4n) is 3.04. The Morgan fingerprint density at radius 3 is 2.54 bits per heavy atom. The number of phenols is 1. The van der Waals surface area contributed by atoms with Crippen LogP contribution in [0.25, 0.3) is 11.1 Å². The first-order valence-corrected chi connectivity index (χ1v) is 7.89. The van der Waals surface area contributed by atoms with Crippen LogP contribution in [0.1, 0.15) is 12.6 Å². The number of piperazine rings is 1. The van der Waals surface area contributed by atoms with Crippen molar-refractivity contribution in [1.29, 1.82) is 0 Å². The molecule has 2 heterocycles. The molecule has 1 saturated heterocycles. The van der Waals surface area contributed by atoms with Crippen LogP contribution in [-0.2, 0) is 4.79 Å². The average molecular weight is 327 g/mol. The van der Waals surface area contributed by atoms with Crippen molar-refractivity contribution >= 4 is 17.7 Å². The second-order valence-corrected chi connectivity index (χ2v) is 5.91. The van der Waals surface area contributed by atoms with Gasteiger partial charge in [-0.25, -0.2) is 4.98 Å². The smallest absolute Gasteiger partial charge is 0.222 e. The number of rotatable bonds is 2. The maximum atomic E-state index is 11.5. The van der Waals surface area contributed by atoms with Gasteiger partial charge in [0.25, 0.3) is 0 Å². The summed E-state index contributed by atoms with van der Waals surface area (Å²) >= 11 is 0. The molecule has 7 nitrogen and oxygen atoms in total. The summed E-state index contributed by atoms with van der Waals surface area (Å²) in [7, 11) is 0. The molecule has 1 fully saturated rings. The molecule has 3 rings (SSSR count). The molecule has 0 saturated carbocycles. The molecule has 1 amide bonds. The van der Waals surface area contributed by atoms with Gasteiger partial charge in [-0.15, -0.1) is 0 Å². The Hall–Kier alpha value is -2.83. The number of aromatic nitrogens is 2. The first-order valence-electron chi connectivity index (χ1n) is 7.89. The molecule has 0 aliphatic carbocycles. The Bertz CT molecular complexity index is 770. The van der Waals surface area contributed by atoms with Gasteiger partial charge in [-0.2, -0.15) is 4.98 Å². The second-order valence-electron chi connectivity index (χ2n) is 5.91. The van der Waals surface area contributed by atoms with Crippen LogP contribution >= 0.6 is 0 Å². The summed E-state index contributed by atoms with van der Waals surface area (Å²) in [6.07, 6.45) is 0. The summed E-state index contributed by atoms with van der Waals surface area (Å²) in [4.78, 5) is 24.2. The number of benzene rings is 1. The summed E-state index contributed by atoms with van der Waals surface area (Å²) in [5.74, 6) is 1.24. The molecule has 0 unspecified atom stereocenters. The van der Waals surface area contributed by atoms with Crippen molar-refractivity contribution in [1.82, 2.24) is 14.9 Å². The van der Waals surface area contributed by atoms with Gasteiger partial charge >= 0.3 is 0 Å². The van der Waals surface area contributed by atoms with Crippen molar-refractivity contribution in [3.8, 4) is 16.9 Å². The van der Waals surface area contributed by atoms with Gasteiger partial charge in [0.15, 0.2) is 0 Å². The van der Waals surface area contributed by atoms with Crippen molar-refractivity contribution in [2.45, 2.75) is 13.8 Å². The van der Waals surface area contributed by atoms with Crippen LogP contribution in [0, 0.1) is 6.92 Å². The first-order chi connectivity index (χ1) is 11.5. The zero-order valence-electron chi connectivity index (χ0n) is 13.9. The van der Waals surface area contributed by atoms with Gasteiger partial charge in [0.05, 0.1) is 5.69 Å². The summed E-state index contributed by atoms with van der Waals surface area (Å²) in [5, 5.41) is 9.79. The number of phenolic OH excluding ortho intramolecular Hbond substituents is 1. The van der Waals surface area contributed by atoms with Crippen LogP contribution in [0.3, 0.4) is 0 Å². The van der Waals surface area contributed by atoms with E-state index in [1.165, 1.54) is 0 Å². The van der Waals surface area contributed by atoms with Crippen LogP contribution in [0.2, 0.25) is 0 Å². The van der Waals surface area contributed by atoms with Gasteiger partial charge < -0.3 is 20.6 Å².